The van der Waals surface area contributed by atoms with Crippen LogP contribution in [0, 0.1) is 35.8 Å². The summed E-state index contributed by atoms with van der Waals surface area (Å²) in [6.45, 7) is 11.5. The maximum atomic E-state index is 16.1. The molecule has 1 fully saturated rings. The number of rotatable bonds is 10. The van der Waals surface area contributed by atoms with Gasteiger partial charge in [0.15, 0.2) is 0 Å². The molecule has 228 valence electrons. The van der Waals surface area contributed by atoms with Gasteiger partial charge in [-0.05, 0) is 63.4 Å². The second kappa shape index (κ2) is 12.7. The topological polar surface area (TPSA) is 65.3 Å². The van der Waals surface area contributed by atoms with E-state index in [4.69, 9.17) is 14.7 Å². The van der Waals surface area contributed by atoms with Crippen LogP contribution < -0.4 is 9.64 Å². The van der Waals surface area contributed by atoms with Crippen molar-refractivity contribution in [2.45, 2.75) is 72.1 Å². The quantitative estimate of drug-likeness (QED) is 0.181. The standard InChI is InChI=1S/C33H38F3N5OS/c1-7-9-29(18(3)4)41(8-2)32-24-13-27(36)23(22-10-11-26(35)31-30(22)25(15-37)19(5)43-31)14-28(24)38-33(39-32)42-17-21-12-20(34)16-40(21)6/h10-11,13-14,18,20-21,29H,7-9,12,16-17H2,1-6H3. The zero-order valence-corrected chi connectivity index (χ0v) is 26.4. The minimum atomic E-state index is -0.903. The fourth-order valence-corrected chi connectivity index (χ4v) is 7.35. The Balaban J connectivity index is 1.70. The molecule has 2 aromatic carbocycles. The number of anilines is 1. The van der Waals surface area contributed by atoms with Crippen LogP contribution in [0.2, 0.25) is 0 Å². The summed E-state index contributed by atoms with van der Waals surface area (Å²) in [6, 6.07) is 8.27. The van der Waals surface area contributed by atoms with Gasteiger partial charge in [0.1, 0.15) is 36.3 Å². The van der Waals surface area contributed by atoms with Crippen LogP contribution in [0.5, 0.6) is 6.01 Å². The lowest BCUT2D eigenvalue weighted by Crippen LogP contribution is -2.39. The van der Waals surface area contributed by atoms with Gasteiger partial charge in [0, 0.05) is 46.4 Å². The lowest BCUT2D eigenvalue weighted by molar-refractivity contribution is 0.188. The van der Waals surface area contributed by atoms with Crippen molar-refractivity contribution in [1.82, 2.24) is 14.9 Å². The summed E-state index contributed by atoms with van der Waals surface area (Å²) in [4.78, 5) is 14.3. The van der Waals surface area contributed by atoms with E-state index in [2.05, 4.69) is 38.7 Å². The van der Waals surface area contributed by atoms with Gasteiger partial charge in [0.25, 0.3) is 0 Å². The van der Waals surface area contributed by atoms with Crippen LogP contribution in [0.1, 0.15) is 57.4 Å². The van der Waals surface area contributed by atoms with Crippen molar-refractivity contribution in [1.29, 1.82) is 5.26 Å². The van der Waals surface area contributed by atoms with Crippen molar-refractivity contribution in [3.8, 4) is 23.2 Å². The molecule has 0 spiro atoms. The van der Waals surface area contributed by atoms with Gasteiger partial charge in [-0.1, -0.05) is 33.3 Å². The molecule has 0 aliphatic carbocycles. The highest BCUT2D eigenvalue weighted by Crippen LogP contribution is 2.42. The van der Waals surface area contributed by atoms with E-state index in [-0.39, 0.29) is 30.3 Å². The lowest BCUT2D eigenvalue weighted by atomic mass is 9.96. The Bertz CT molecular complexity index is 1680. The van der Waals surface area contributed by atoms with E-state index in [1.165, 1.54) is 29.5 Å². The van der Waals surface area contributed by atoms with Gasteiger partial charge in [0.05, 0.1) is 15.8 Å². The molecule has 0 bridgehead atoms. The van der Waals surface area contributed by atoms with Crippen LogP contribution >= 0.6 is 11.3 Å². The summed E-state index contributed by atoms with van der Waals surface area (Å²) < 4.78 is 51.4. The first kappa shape index (κ1) is 31.0. The maximum Gasteiger partial charge on any atom is 0.319 e. The third-order valence-corrected chi connectivity index (χ3v) is 9.64. The summed E-state index contributed by atoms with van der Waals surface area (Å²) >= 11 is 1.19. The zero-order valence-electron chi connectivity index (χ0n) is 25.5. The Morgan fingerprint density at radius 2 is 1.93 bits per heavy atom. The molecule has 1 aliphatic rings. The highest BCUT2D eigenvalue weighted by atomic mass is 32.1. The van der Waals surface area contributed by atoms with E-state index in [1.807, 2.05) is 11.9 Å². The van der Waals surface area contributed by atoms with Crippen LogP contribution in [0.4, 0.5) is 19.0 Å². The maximum absolute atomic E-state index is 16.1. The van der Waals surface area contributed by atoms with Crippen molar-refractivity contribution >= 4 is 38.1 Å². The summed E-state index contributed by atoms with van der Waals surface area (Å²) in [7, 11) is 1.87. The summed E-state index contributed by atoms with van der Waals surface area (Å²) in [5.74, 6) is -0.0697. The Labute approximate surface area is 255 Å². The van der Waals surface area contributed by atoms with Crippen molar-refractivity contribution in [2.24, 2.45) is 5.92 Å². The molecule has 6 nitrogen and oxygen atoms in total. The molecule has 3 heterocycles. The number of ether oxygens (including phenoxy) is 1. The molecule has 5 rings (SSSR count). The van der Waals surface area contributed by atoms with Gasteiger partial charge in [0.2, 0.25) is 0 Å². The van der Waals surface area contributed by atoms with Crippen LogP contribution in [0.15, 0.2) is 24.3 Å². The van der Waals surface area contributed by atoms with Crippen molar-refractivity contribution < 1.29 is 17.9 Å². The minimum Gasteiger partial charge on any atom is -0.462 e. The molecule has 0 radical (unpaired) electrons. The number of aryl methyl sites for hydroxylation is 1. The number of nitriles is 1. The number of benzene rings is 2. The van der Waals surface area contributed by atoms with Crippen LogP contribution in [-0.2, 0) is 0 Å². The van der Waals surface area contributed by atoms with Crippen LogP contribution in [-0.4, -0.2) is 59.9 Å². The molecule has 2 aromatic heterocycles. The van der Waals surface area contributed by atoms with Crippen LogP contribution in [0.3, 0.4) is 0 Å². The second-order valence-corrected chi connectivity index (χ2v) is 13.0. The number of fused-ring (bicyclic) bond motifs is 2. The number of likely N-dealkylation sites (tertiary alicyclic amines) is 1. The third-order valence-electron chi connectivity index (χ3n) is 8.52. The number of nitrogens with zero attached hydrogens (tertiary/aromatic N) is 5. The number of thiophene rings is 1. The van der Waals surface area contributed by atoms with Crippen molar-refractivity contribution in [3.05, 3.63) is 46.3 Å². The highest BCUT2D eigenvalue weighted by molar-refractivity contribution is 7.19. The van der Waals surface area contributed by atoms with Gasteiger partial charge in [-0.2, -0.15) is 15.2 Å². The van der Waals surface area contributed by atoms with Gasteiger partial charge in [-0.25, -0.2) is 13.2 Å². The SMILES string of the molecule is CCCC(C(C)C)N(CC)c1nc(OCC2CC(F)CN2C)nc2cc(-c3ccc(F)c4sc(C)c(C#N)c34)c(F)cc12. The summed E-state index contributed by atoms with van der Waals surface area (Å²) in [6.07, 6.45) is 1.38. The molecule has 43 heavy (non-hydrogen) atoms. The Hall–Kier alpha value is -3.42. The predicted molar refractivity (Wildman–Crippen MR) is 168 cm³/mol. The predicted octanol–water partition coefficient (Wildman–Crippen LogP) is 8.04. The van der Waals surface area contributed by atoms with Gasteiger partial charge in [-0.3, -0.25) is 4.90 Å². The normalized spacial score (nSPS) is 18.1. The lowest BCUT2D eigenvalue weighted by Gasteiger charge is -2.35. The van der Waals surface area contributed by atoms with Crippen molar-refractivity contribution in [3.63, 3.8) is 0 Å². The van der Waals surface area contributed by atoms with Gasteiger partial charge in [-0.15, -0.1) is 11.3 Å². The molecule has 1 aliphatic heterocycles. The van der Waals surface area contributed by atoms with E-state index in [0.717, 1.165) is 12.8 Å². The fourth-order valence-electron chi connectivity index (χ4n) is 6.31. The smallest absolute Gasteiger partial charge is 0.319 e. The molecule has 3 unspecified atom stereocenters. The van der Waals surface area contributed by atoms with Gasteiger partial charge >= 0.3 is 6.01 Å². The molecule has 3 atom stereocenters. The largest absolute Gasteiger partial charge is 0.462 e. The number of likely N-dealkylation sites (N-methyl/N-ethyl adjacent to an activating group) is 1. The monoisotopic (exact) mass is 609 g/mol. The van der Waals surface area contributed by atoms with E-state index in [0.29, 0.717) is 68.2 Å². The molecular weight excluding hydrogens is 571 g/mol. The first-order chi connectivity index (χ1) is 20.6. The number of halogens is 3. The van der Waals surface area contributed by atoms with Gasteiger partial charge < -0.3 is 9.64 Å². The average Bonchev–Trinajstić information content (AvgIpc) is 3.49. The molecular formula is C33H38F3N5OS. The Morgan fingerprint density at radius 3 is 2.56 bits per heavy atom. The molecule has 4 aromatic rings. The summed E-state index contributed by atoms with van der Waals surface area (Å²) in [5, 5.41) is 10.8. The number of hydrogen-bond acceptors (Lipinski definition) is 7. The fraction of sp³-hybridized carbons (Fsp3) is 0.485. The number of hydrogen-bond donors (Lipinski definition) is 0. The first-order valence-corrected chi connectivity index (χ1v) is 15.8. The molecule has 1 saturated heterocycles. The van der Waals surface area contributed by atoms with Crippen molar-refractivity contribution in [2.75, 3.05) is 31.6 Å². The molecule has 0 amide bonds. The first-order valence-electron chi connectivity index (χ1n) is 14.9. The highest BCUT2D eigenvalue weighted by Gasteiger charge is 2.31. The summed E-state index contributed by atoms with van der Waals surface area (Å²) in [5.41, 5.74) is 1.46. The minimum absolute atomic E-state index is 0.106. The molecule has 10 heteroatoms. The van der Waals surface area contributed by atoms with Crippen LogP contribution in [0.25, 0.3) is 32.1 Å². The average molecular weight is 610 g/mol. The Morgan fingerprint density at radius 1 is 1.16 bits per heavy atom. The second-order valence-electron chi connectivity index (χ2n) is 11.7. The number of alkyl halides is 1. The zero-order chi connectivity index (χ0) is 31.0. The molecule has 0 N–H and O–H groups in total. The third kappa shape index (κ3) is 5.89. The van der Waals surface area contributed by atoms with E-state index in [1.54, 1.807) is 13.0 Å². The van der Waals surface area contributed by atoms with E-state index < -0.39 is 17.8 Å². The van der Waals surface area contributed by atoms with E-state index in [9.17, 15) is 14.0 Å². The van der Waals surface area contributed by atoms with E-state index >= 15 is 4.39 Å². The Kier molecular flexibility index (Phi) is 9.14. The molecule has 0 saturated carbocycles. The number of aromatic nitrogens is 2.